The number of hydrogen-bond acceptors (Lipinski definition) is 2. The second-order valence-corrected chi connectivity index (χ2v) is 7.40. The van der Waals surface area contributed by atoms with Crippen LogP contribution in [0.3, 0.4) is 0 Å². The van der Waals surface area contributed by atoms with E-state index in [1.54, 1.807) is 24.3 Å². The Morgan fingerprint density at radius 3 is 1.85 bits per heavy atom. The van der Waals surface area contributed by atoms with E-state index in [0.717, 1.165) is 29.7 Å². The minimum Gasteiger partial charge on any atom is -0.347 e. The number of hydrogen-bond donors (Lipinski definition) is 2. The Morgan fingerprint density at radius 1 is 0.846 bits per heavy atom. The molecule has 0 unspecified atom stereocenters. The van der Waals surface area contributed by atoms with Crippen LogP contribution in [-0.2, 0) is 12.8 Å². The van der Waals surface area contributed by atoms with Crippen molar-refractivity contribution in [1.29, 1.82) is 0 Å². The summed E-state index contributed by atoms with van der Waals surface area (Å²) >= 11 is 0. The van der Waals surface area contributed by atoms with Gasteiger partial charge in [0.15, 0.2) is 0 Å². The molecule has 0 atom stereocenters. The largest absolute Gasteiger partial charge is 0.347 e. The lowest BCUT2D eigenvalue weighted by Gasteiger charge is -2.20. The van der Waals surface area contributed by atoms with E-state index >= 15 is 0 Å². The van der Waals surface area contributed by atoms with Gasteiger partial charge in [0.1, 0.15) is 0 Å². The number of rotatable bonds is 5. The van der Waals surface area contributed by atoms with E-state index in [-0.39, 0.29) is 17.4 Å². The Morgan fingerprint density at radius 2 is 1.35 bits per heavy atom. The maximum Gasteiger partial charge on any atom is 0.255 e. The summed E-state index contributed by atoms with van der Waals surface area (Å²) in [6, 6.07) is 12.9. The summed E-state index contributed by atoms with van der Waals surface area (Å²) in [7, 11) is 0. The second-order valence-electron chi connectivity index (χ2n) is 7.40. The van der Waals surface area contributed by atoms with Crippen LogP contribution in [0, 0.1) is 0 Å². The minimum atomic E-state index is -0.328. The standard InChI is InChI=1S/C22H28N2O2/c1-6-15-10-8-11-16(7-2)19(15)23-20(25)17-12-9-13-18(14-17)21(26)24-22(3,4)5/h8-14H,6-7H2,1-5H3,(H,23,25)(H,24,26). The van der Waals surface area contributed by atoms with Crippen molar-refractivity contribution in [2.45, 2.75) is 53.0 Å². The van der Waals surface area contributed by atoms with Crippen LogP contribution < -0.4 is 10.6 Å². The van der Waals surface area contributed by atoms with Crippen molar-refractivity contribution in [3.63, 3.8) is 0 Å². The van der Waals surface area contributed by atoms with Crippen molar-refractivity contribution in [3.8, 4) is 0 Å². The molecule has 0 aromatic heterocycles. The van der Waals surface area contributed by atoms with Gasteiger partial charge in [0.25, 0.3) is 11.8 Å². The third kappa shape index (κ3) is 4.94. The lowest BCUT2D eigenvalue weighted by atomic mass is 10.0. The fourth-order valence-electron chi connectivity index (χ4n) is 2.80. The van der Waals surface area contributed by atoms with Crippen molar-refractivity contribution in [3.05, 3.63) is 64.7 Å². The van der Waals surface area contributed by atoms with E-state index in [1.807, 2.05) is 39.0 Å². The summed E-state index contributed by atoms with van der Waals surface area (Å²) in [5.74, 6) is -0.388. The lowest BCUT2D eigenvalue weighted by molar-refractivity contribution is 0.0919. The molecule has 0 radical (unpaired) electrons. The average molecular weight is 352 g/mol. The van der Waals surface area contributed by atoms with Gasteiger partial charge in [-0.1, -0.05) is 38.1 Å². The number of amides is 2. The van der Waals surface area contributed by atoms with Crippen LogP contribution in [0.25, 0.3) is 0 Å². The number of nitrogens with one attached hydrogen (secondary N) is 2. The highest BCUT2D eigenvalue weighted by molar-refractivity contribution is 6.06. The number of carbonyl (C=O) groups excluding carboxylic acids is 2. The first kappa shape index (κ1) is 19.7. The normalized spacial score (nSPS) is 11.1. The monoisotopic (exact) mass is 352 g/mol. The van der Waals surface area contributed by atoms with Crippen LogP contribution in [0.5, 0.6) is 0 Å². The number of anilines is 1. The van der Waals surface area contributed by atoms with Crippen molar-refractivity contribution in [2.75, 3.05) is 5.32 Å². The van der Waals surface area contributed by atoms with E-state index < -0.39 is 0 Å². The fraction of sp³-hybridized carbons (Fsp3) is 0.364. The molecule has 0 fully saturated rings. The molecule has 0 bridgehead atoms. The maximum atomic E-state index is 12.8. The fourth-order valence-corrected chi connectivity index (χ4v) is 2.80. The summed E-state index contributed by atoms with van der Waals surface area (Å²) < 4.78 is 0. The molecule has 4 heteroatoms. The molecule has 0 aliphatic carbocycles. The highest BCUT2D eigenvalue weighted by atomic mass is 16.2. The third-order valence-corrected chi connectivity index (χ3v) is 4.11. The predicted octanol–water partition coefficient (Wildman–Crippen LogP) is 4.59. The molecule has 0 saturated heterocycles. The Labute approximate surface area is 156 Å². The Balaban J connectivity index is 2.27. The molecule has 0 heterocycles. The topological polar surface area (TPSA) is 58.2 Å². The first-order valence-corrected chi connectivity index (χ1v) is 9.09. The van der Waals surface area contributed by atoms with E-state index in [4.69, 9.17) is 0 Å². The van der Waals surface area contributed by atoms with Crippen molar-refractivity contribution in [2.24, 2.45) is 0 Å². The van der Waals surface area contributed by atoms with Crippen LogP contribution >= 0.6 is 0 Å². The Bertz CT molecular complexity index is 782. The van der Waals surface area contributed by atoms with Gasteiger partial charge in [-0.3, -0.25) is 9.59 Å². The molecular weight excluding hydrogens is 324 g/mol. The molecule has 2 aromatic rings. The SMILES string of the molecule is CCc1cccc(CC)c1NC(=O)c1cccc(C(=O)NC(C)(C)C)c1. The van der Waals surface area contributed by atoms with Gasteiger partial charge in [-0.2, -0.15) is 0 Å². The predicted molar refractivity (Wildman–Crippen MR) is 107 cm³/mol. The van der Waals surface area contributed by atoms with Crippen LogP contribution in [0.4, 0.5) is 5.69 Å². The summed E-state index contributed by atoms with van der Waals surface area (Å²) in [5.41, 5.74) is 3.73. The summed E-state index contributed by atoms with van der Waals surface area (Å²) in [6.45, 7) is 9.92. The third-order valence-electron chi connectivity index (χ3n) is 4.11. The van der Waals surface area contributed by atoms with Crippen molar-refractivity contribution >= 4 is 17.5 Å². The molecule has 2 rings (SSSR count). The summed E-state index contributed by atoms with van der Waals surface area (Å²) in [4.78, 5) is 25.1. The number of para-hydroxylation sites is 1. The molecule has 0 spiro atoms. The Hall–Kier alpha value is -2.62. The number of aryl methyl sites for hydroxylation is 2. The number of benzene rings is 2. The van der Waals surface area contributed by atoms with Gasteiger partial charge >= 0.3 is 0 Å². The quantitative estimate of drug-likeness (QED) is 0.827. The molecule has 138 valence electrons. The molecule has 2 N–H and O–H groups in total. The van der Waals surface area contributed by atoms with Crippen molar-refractivity contribution in [1.82, 2.24) is 5.32 Å². The van der Waals surface area contributed by atoms with E-state index in [9.17, 15) is 9.59 Å². The van der Waals surface area contributed by atoms with Crippen LogP contribution in [-0.4, -0.2) is 17.4 Å². The molecule has 0 aliphatic heterocycles. The van der Waals surface area contributed by atoms with E-state index in [0.29, 0.717) is 11.1 Å². The molecule has 2 aromatic carbocycles. The van der Waals surface area contributed by atoms with Crippen LogP contribution in [0.15, 0.2) is 42.5 Å². The first-order valence-electron chi connectivity index (χ1n) is 9.09. The number of carbonyl (C=O) groups is 2. The van der Waals surface area contributed by atoms with Crippen LogP contribution in [0.2, 0.25) is 0 Å². The summed E-state index contributed by atoms with van der Waals surface area (Å²) in [6.07, 6.45) is 1.69. The Kier molecular flexibility index (Phi) is 6.19. The van der Waals surface area contributed by atoms with Gasteiger partial charge in [-0.05, 0) is 62.9 Å². The zero-order valence-electron chi connectivity index (χ0n) is 16.3. The first-order chi connectivity index (χ1) is 12.2. The minimum absolute atomic E-state index is 0.185. The summed E-state index contributed by atoms with van der Waals surface area (Å²) in [5, 5.41) is 5.96. The molecular formula is C22H28N2O2. The lowest BCUT2D eigenvalue weighted by Crippen LogP contribution is -2.40. The average Bonchev–Trinajstić information content (AvgIpc) is 2.60. The zero-order valence-corrected chi connectivity index (χ0v) is 16.3. The maximum absolute atomic E-state index is 12.8. The van der Waals surface area contributed by atoms with Crippen molar-refractivity contribution < 1.29 is 9.59 Å². The van der Waals surface area contributed by atoms with Gasteiger partial charge in [0.2, 0.25) is 0 Å². The van der Waals surface area contributed by atoms with Gasteiger partial charge in [-0.15, -0.1) is 0 Å². The highest BCUT2D eigenvalue weighted by Crippen LogP contribution is 2.23. The molecule has 0 saturated carbocycles. The molecule has 0 aliphatic rings. The van der Waals surface area contributed by atoms with Gasteiger partial charge in [-0.25, -0.2) is 0 Å². The van der Waals surface area contributed by atoms with Gasteiger partial charge in [0.05, 0.1) is 0 Å². The molecule has 2 amide bonds. The second kappa shape index (κ2) is 8.17. The zero-order chi connectivity index (χ0) is 19.3. The highest BCUT2D eigenvalue weighted by Gasteiger charge is 2.17. The van der Waals surface area contributed by atoms with E-state index in [1.165, 1.54) is 0 Å². The van der Waals surface area contributed by atoms with Crippen LogP contribution in [0.1, 0.15) is 66.5 Å². The van der Waals surface area contributed by atoms with Gasteiger partial charge in [0, 0.05) is 22.4 Å². The van der Waals surface area contributed by atoms with Gasteiger partial charge < -0.3 is 10.6 Å². The van der Waals surface area contributed by atoms with E-state index in [2.05, 4.69) is 24.5 Å². The molecule has 26 heavy (non-hydrogen) atoms. The smallest absolute Gasteiger partial charge is 0.255 e. The molecule has 4 nitrogen and oxygen atoms in total.